The number of aromatic nitrogens is 2. The van der Waals surface area contributed by atoms with Gasteiger partial charge in [-0.25, -0.2) is 4.39 Å². The Labute approximate surface area is 160 Å². The summed E-state index contributed by atoms with van der Waals surface area (Å²) in [6.45, 7) is 3.88. The molecule has 1 saturated heterocycles. The number of hydrogen-bond donors (Lipinski definition) is 1. The highest BCUT2D eigenvalue weighted by Crippen LogP contribution is 2.21. The largest absolute Gasteiger partial charge is 0.490 e. The lowest BCUT2D eigenvalue weighted by atomic mass is 10.1. The van der Waals surface area contributed by atoms with Crippen LogP contribution in [0.25, 0.3) is 0 Å². The molecule has 26 heavy (non-hydrogen) atoms. The van der Waals surface area contributed by atoms with Crippen molar-refractivity contribution in [3.63, 3.8) is 0 Å². The molecule has 0 atom stereocenters. The van der Waals surface area contributed by atoms with Crippen molar-refractivity contribution in [2.24, 2.45) is 0 Å². The second-order valence-electron chi connectivity index (χ2n) is 5.91. The van der Waals surface area contributed by atoms with Gasteiger partial charge in [0.05, 0.1) is 6.54 Å². The molecule has 9 heteroatoms. The smallest absolute Gasteiger partial charge is 0.240 e. The zero-order valence-corrected chi connectivity index (χ0v) is 16.1. The molecule has 0 saturated carbocycles. The molecule has 2 heterocycles. The van der Waals surface area contributed by atoms with Gasteiger partial charge in [0.1, 0.15) is 17.7 Å². The topological polar surface area (TPSA) is 67.4 Å². The summed E-state index contributed by atoms with van der Waals surface area (Å²) in [6.07, 6.45) is 1.66. The number of ether oxygens (including phenoxy) is 1. The molecule has 6 nitrogen and oxygen atoms in total. The standard InChI is InChI=1S/C17H21FN4O2S2/c1-2-25-17-20-16(26-21-17)19-15(23)11-22-8-6-13(7-9-22)24-14-5-3-4-12(18)10-14/h3-5,10,13H,2,6-9,11H2,1H3,(H,19,20,21,23). The fourth-order valence-electron chi connectivity index (χ4n) is 2.73. The number of halogens is 1. The molecule has 1 aliphatic heterocycles. The molecule has 0 radical (unpaired) electrons. The average Bonchev–Trinajstić information content (AvgIpc) is 3.04. The van der Waals surface area contributed by atoms with E-state index in [1.807, 2.05) is 6.92 Å². The van der Waals surface area contributed by atoms with Gasteiger partial charge in [-0.1, -0.05) is 24.8 Å². The lowest BCUT2D eigenvalue weighted by Crippen LogP contribution is -2.42. The maximum Gasteiger partial charge on any atom is 0.240 e. The van der Waals surface area contributed by atoms with Crippen molar-refractivity contribution in [3.8, 4) is 5.75 Å². The van der Waals surface area contributed by atoms with E-state index in [1.54, 1.807) is 23.9 Å². The number of thioether (sulfide) groups is 1. The van der Waals surface area contributed by atoms with Gasteiger partial charge in [-0.3, -0.25) is 15.0 Å². The molecular formula is C17H21FN4O2S2. The van der Waals surface area contributed by atoms with E-state index in [4.69, 9.17) is 4.74 Å². The molecule has 1 aromatic heterocycles. The summed E-state index contributed by atoms with van der Waals surface area (Å²) in [7, 11) is 0. The molecule has 1 aliphatic rings. The quantitative estimate of drug-likeness (QED) is 0.725. The third kappa shape index (κ3) is 5.65. The Kier molecular flexibility index (Phi) is 6.81. The number of hydrogen-bond acceptors (Lipinski definition) is 7. The fourth-order valence-corrected chi connectivity index (χ4v) is 4.01. The highest BCUT2D eigenvalue weighted by atomic mass is 32.2. The van der Waals surface area contributed by atoms with Crippen LogP contribution in [0.5, 0.6) is 5.75 Å². The normalized spacial score (nSPS) is 15.8. The summed E-state index contributed by atoms with van der Waals surface area (Å²) in [5, 5.41) is 4.04. The van der Waals surface area contributed by atoms with Crippen molar-refractivity contribution < 1.29 is 13.9 Å². The van der Waals surface area contributed by atoms with E-state index >= 15 is 0 Å². The number of anilines is 1. The lowest BCUT2D eigenvalue weighted by Gasteiger charge is -2.31. The first kappa shape index (κ1) is 19.1. The Bertz CT molecular complexity index is 735. The molecule has 1 amide bonds. The molecule has 2 aromatic rings. The van der Waals surface area contributed by atoms with Crippen LogP contribution in [0.2, 0.25) is 0 Å². The summed E-state index contributed by atoms with van der Waals surface area (Å²) >= 11 is 2.75. The zero-order valence-electron chi connectivity index (χ0n) is 14.5. The number of rotatable bonds is 7. The molecule has 1 N–H and O–H groups in total. The molecule has 1 aromatic carbocycles. The van der Waals surface area contributed by atoms with Gasteiger partial charge in [0.15, 0.2) is 0 Å². The lowest BCUT2D eigenvalue weighted by molar-refractivity contribution is -0.117. The Morgan fingerprint density at radius 2 is 2.27 bits per heavy atom. The first-order valence-corrected chi connectivity index (χ1v) is 10.3. The number of nitrogens with one attached hydrogen (secondary N) is 1. The van der Waals surface area contributed by atoms with Crippen LogP contribution in [-0.2, 0) is 4.79 Å². The van der Waals surface area contributed by atoms with Crippen molar-refractivity contribution in [1.29, 1.82) is 0 Å². The summed E-state index contributed by atoms with van der Waals surface area (Å²) in [5.74, 6) is 1.07. The SMILES string of the molecule is CCSc1nsc(NC(=O)CN2CCC(Oc3cccc(F)c3)CC2)n1. The number of amides is 1. The van der Waals surface area contributed by atoms with Crippen LogP contribution in [0.4, 0.5) is 9.52 Å². The van der Waals surface area contributed by atoms with Crippen LogP contribution in [0.3, 0.4) is 0 Å². The minimum Gasteiger partial charge on any atom is -0.490 e. The van der Waals surface area contributed by atoms with Gasteiger partial charge in [-0.15, -0.1) is 0 Å². The van der Waals surface area contributed by atoms with Crippen LogP contribution in [-0.4, -0.2) is 51.7 Å². The maximum atomic E-state index is 13.2. The summed E-state index contributed by atoms with van der Waals surface area (Å²) in [6, 6.07) is 6.20. The Hall–Kier alpha value is -1.71. The Morgan fingerprint density at radius 1 is 1.46 bits per heavy atom. The predicted octanol–water partition coefficient (Wildman–Crippen LogP) is 3.27. The highest BCUT2D eigenvalue weighted by Gasteiger charge is 2.22. The second-order valence-corrected chi connectivity index (χ2v) is 7.90. The first-order valence-electron chi connectivity index (χ1n) is 8.53. The minimum absolute atomic E-state index is 0.0490. The van der Waals surface area contributed by atoms with Crippen LogP contribution in [0.15, 0.2) is 29.4 Å². The van der Waals surface area contributed by atoms with Crippen LogP contribution < -0.4 is 10.1 Å². The maximum absolute atomic E-state index is 13.2. The van der Waals surface area contributed by atoms with E-state index in [0.717, 1.165) is 31.7 Å². The van der Waals surface area contributed by atoms with Gasteiger partial charge in [0, 0.05) is 30.7 Å². The van der Waals surface area contributed by atoms with Crippen molar-refractivity contribution in [1.82, 2.24) is 14.3 Å². The van der Waals surface area contributed by atoms with Gasteiger partial charge in [-0.05, 0) is 30.7 Å². The molecule has 0 bridgehead atoms. The van der Waals surface area contributed by atoms with E-state index in [2.05, 4.69) is 19.6 Å². The van der Waals surface area contributed by atoms with Gasteiger partial charge < -0.3 is 4.74 Å². The number of carbonyl (C=O) groups excluding carboxylic acids is 1. The summed E-state index contributed by atoms with van der Waals surface area (Å²) in [4.78, 5) is 18.5. The van der Waals surface area contributed by atoms with Crippen LogP contribution in [0, 0.1) is 5.82 Å². The fraction of sp³-hybridized carbons (Fsp3) is 0.471. The van der Waals surface area contributed by atoms with Crippen LogP contribution in [0.1, 0.15) is 19.8 Å². The number of benzene rings is 1. The zero-order chi connectivity index (χ0) is 18.4. The van der Waals surface area contributed by atoms with Crippen LogP contribution >= 0.6 is 23.3 Å². The Balaban J connectivity index is 1.41. The van der Waals surface area contributed by atoms with E-state index in [0.29, 0.717) is 22.6 Å². The number of nitrogens with zero attached hydrogens (tertiary/aromatic N) is 3. The average molecular weight is 397 g/mol. The van der Waals surface area contributed by atoms with Gasteiger partial charge in [0.2, 0.25) is 16.2 Å². The third-order valence-electron chi connectivity index (χ3n) is 3.93. The third-order valence-corrected chi connectivity index (χ3v) is 5.40. The van der Waals surface area contributed by atoms with Gasteiger partial charge in [0.25, 0.3) is 0 Å². The molecule has 3 rings (SSSR count). The first-order chi connectivity index (χ1) is 12.6. The Morgan fingerprint density at radius 3 is 3.00 bits per heavy atom. The molecule has 1 fully saturated rings. The van der Waals surface area contributed by atoms with Gasteiger partial charge in [-0.2, -0.15) is 9.36 Å². The van der Waals surface area contributed by atoms with Crippen molar-refractivity contribution in [2.75, 3.05) is 30.7 Å². The second kappa shape index (κ2) is 9.29. The molecule has 0 aliphatic carbocycles. The monoisotopic (exact) mass is 396 g/mol. The van der Waals surface area contributed by atoms with E-state index in [-0.39, 0.29) is 17.8 Å². The van der Waals surface area contributed by atoms with Crippen molar-refractivity contribution in [3.05, 3.63) is 30.1 Å². The molecule has 140 valence electrons. The number of likely N-dealkylation sites (tertiary alicyclic amines) is 1. The van der Waals surface area contributed by atoms with Crippen molar-refractivity contribution in [2.45, 2.75) is 31.0 Å². The molecule has 0 unspecified atom stereocenters. The highest BCUT2D eigenvalue weighted by molar-refractivity contribution is 7.99. The number of piperidine rings is 1. The summed E-state index contributed by atoms with van der Waals surface area (Å²) in [5.41, 5.74) is 0. The molecular weight excluding hydrogens is 375 g/mol. The van der Waals surface area contributed by atoms with E-state index in [1.165, 1.54) is 23.7 Å². The molecule has 0 spiro atoms. The number of carbonyl (C=O) groups is 1. The predicted molar refractivity (Wildman–Crippen MR) is 101 cm³/mol. The summed E-state index contributed by atoms with van der Waals surface area (Å²) < 4.78 is 23.2. The van der Waals surface area contributed by atoms with Crippen molar-refractivity contribution >= 4 is 34.3 Å². The van der Waals surface area contributed by atoms with E-state index < -0.39 is 0 Å². The van der Waals surface area contributed by atoms with E-state index in [9.17, 15) is 9.18 Å². The minimum atomic E-state index is -0.297. The van der Waals surface area contributed by atoms with Gasteiger partial charge >= 0.3 is 0 Å².